The molecule has 0 heterocycles. The van der Waals surface area contributed by atoms with Gasteiger partial charge in [-0.15, -0.1) is 0 Å². The highest BCUT2D eigenvalue weighted by Gasteiger charge is 2.13. The molecule has 0 saturated carbocycles. The zero-order valence-corrected chi connectivity index (χ0v) is 14.9. The fraction of sp³-hybridized carbons (Fsp3) is 0.0625. The molecule has 24 heavy (non-hydrogen) atoms. The molecule has 0 unspecified atom stereocenters. The molecular weight excluding hydrogens is 369 g/mol. The Morgan fingerprint density at radius 3 is 2.33 bits per heavy atom. The largest absolute Gasteiger partial charge is 0.298 e. The van der Waals surface area contributed by atoms with Gasteiger partial charge in [0.15, 0.2) is 5.11 Å². The summed E-state index contributed by atoms with van der Waals surface area (Å²) in [6.45, 7) is 1.82. The maximum atomic E-state index is 12.1. The Morgan fingerprint density at radius 1 is 0.958 bits per heavy atom. The second-order valence-electron chi connectivity index (χ2n) is 4.80. The van der Waals surface area contributed by atoms with Crippen molar-refractivity contribution in [3.8, 4) is 0 Å². The van der Waals surface area contributed by atoms with E-state index in [1.54, 1.807) is 18.2 Å². The van der Waals surface area contributed by atoms with E-state index in [4.69, 9.17) is 35.4 Å². The number of nitrogens with one attached hydrogen (secondary N) is 3. The van der Waals surface area contributed by atoms with Crippen LogP contribution in [0.3, 0.4) is 0 Å². The second-order valence-corrected chi connectivity index (χ2v) is 6.05. The summed E-state index contributed by atoms with van der Waals surface area (Å²) in [5, 5.41) is 3.07. The summed E-state index contributed by atoms with van der Waals surface area (Å²) in [6, 6.07) is 11.6. The summed E-state index contributed by atoms with van der Waals surface area (Å²) in [5.74, 6) is -0.881. The minimum Gasteiger partial charge on any atom is -0.298 e. The van der Waals surface area contributed by atoms with Gasteiger partial charge in [0.05, 0.1) is 10.6 Å². The van der Waals surface area contributed by atoms with Crippen LogP contribution in [-0.4, -0.2) is 16.9 Å². The molecule has 0 bridgehead atoms. The van der Waals surface area contributed by atoms with E-state index in [0.29, 0.717) is 10.6 Å². The van der Waals surface area contributed by atoms with Crippen LogP contribution in [-0.2, 0) is 0 Å². The zero-order chi connectivity index (χ0) is 17.7. The first-order valence-corrected chi connectivity index (χ1v) is 7.97. The minimum absolute atomic E-state index is 0.0401. The number of rotatable bonds is 2. The maximum Gasteiger partial charge on any atom is 0.271 e. The molecule has 2 amide bonds. The van der Waals surface area contributed by atoms with Gasteiger partial charge in [-0.05, 0) is 49.0 Å². The van der Waals surface area contributed by atoms with Crippen LogP contribution in [0.25, 0.3) is 0 Å². The Labute approximate surface area is 154 Å². The van der Waals surface area contributed by atoms with Gasteiger partial charge in [0, 0.05) is 10.6 Å². The van der Waals surface area contributed by atoms with Gasteiger partial charge in [-0.3, -0.25) is 25.8 Å². The van der Waals surface area contributed by atoms with Gasteiger partial charge in [0.1, 0.15) is 0 Å². The summed E-state index contributed by atoms with van der Waals surface area (Å²) in [4.78, 5) is 24.1. The van der Waals surface area contributed by atoms with Crippen molar-refractivity contribution < 1.29 is 9.59 Å². The van der Waals surface area contributed by atoms with Crippen molar-refractivity contribution in [2.45, 2.75) is 6.92 Å². The highest BCUT2D eigenvalue weighted by atomic mass is 35.5. The van der Waals surface area contributed by atoms with Gasteiger partial charge < -0.3 is 0 Å². The molecule has 0 aliphatic rings. The topological polar surface area (TPSA) is 70.2 Å². The molecule has 0 spiro atoms. The monoisotopic (exact) mass is 381 g/mol. The molecule has 8 heteroatoms. The fourth-order valence-electron chi connectivity index (χ4n) is 1.88. The number of hydrogen-bond donors (Lipinski definition) is 3. The summed E-state index contributed by atoms with van der Waals surface area (Å²) in [6.07, 6.45) is 0. The van der Waals surface area contributed by atoms with Crippen LogP contribution in [0.15, 0.2) is 42.5 Å². The Hall–Kier alpha value is -2.15. The highest BCUT2D eigenvalue weighted by Crippen LogP contribution is 2.20. The number of carbonyl (C=O) groups excluding carboxylic acids is 2. The summed E-state index contributed by atoms with van der Waals surface area (Å²) in [5.41, 5.74) is 6.34. The van der Waals surface area contributed by atoms with Crippen LogP contribution in [0.1, 0.15) is 26.3 Å². The first-order valence-electron chi connectivity index (χ1n) is 6.81. The van der Waals surface area contributed by atoms with Crippen LogP contribution >= 0.6 is 35.4 Å². The first kappa shape index (κ1) is 18.2. The average molecular weight is 382 g/mol. The SMILES string of the molecule is Cc1ccccc1C(=O)NC(=S)NNC(=O)c1ccc(Cl)cc1Cl. The third kappa shape index (κ3) is 4.67. The van der Waals surface area contributed by atoms with Crippen molar-refractivity contribution in [3.05, 3.63) is 69.2 Å². The lowest BCUT2D eigenvalue weighted by atomic mass is 10.1. The van der Waals surface area contributed by atoms with Gasteiger partial charge in [0.25, 0.3) is 11.8 Å². The van der Waals surface area contributed by atoms with Gasteiger partial charge in [-0.1, -0.05) is 41.4 Å². The Morgan fingerprint density at radius 2 is 1.67 bits per heavy atom. The van der Waals surface area contributed by atoms with Crippen LogP contribution < -0.4 is 16.2 Å². The number of amides is 2. The fourth-order valence-corrected chi connectivity index (χ4v) is 2.52. The highest BCUT2D eigenvalue weighted by molar-refractivity contribution is 7.80. The maximum absolute atomic E-state index is 12.1. The number of thiocarbonyl (C=S) groups is 1. The average Bonchev–Trinajstić information content (AvgIpc) is 2.53. The van der Waals surface area contributed by atoms with Crippen molar-refractivity contribution in [1.82, 2.24) is 16.2 Å². The molecule has 0 saturated heterocycles. The molecular formula is C16H13Cl2N3O2S. The standard InChI is InChI=1S/C16H13Cl2N3O2S/c1-9-4-2-3-5-11(9)14(22)19-16(24)21-20-15(23)12-7-6-10(17)8-13(12)18/h2-8H,1H3,(H,20,23)(H2,19,21,22,24). The molecule has 0 aliphatic heterocycles. The number of aryl methyl sites for hydroxylation is 1. The summed E-state index contributed by atoms with van der Waals surface area (Å²) >= 11 is 16.7. The molecule has 0 radical (unpaired) electrons. The van der Waals surface area contributed by atoms with E-state index in [2.05, 4.69) is 16.2 Å². The number of halogens is 2. The molecule has 2 aromatic carbocycles. The molecule has 2 rings (SSSR count). The van der Waals surface area contributed by atoms with E-state index in [1.807, 2.05) is 19.1 Å². The van der Waals surface area contributed by atoms with Crippen LogP contribution in [0, 0.1) is 6.92 Å². The number of carbonyl (C=O) groups is 2. The van der Waals surface area contributed by atoms with E-state index >= 15 is 0 Å². The third-order valence-corrected chi connectivity index (χ3v) is 3.83. The Kier molecular flexibility index (Phi) is 6.14. The predicted octanol–water partition coefficient (Wildman–Crippen LogP) is 3.25. The van der Waals surface area contributed by atoms with Crippen molar-refractivity contribution in [2.75, 3.05) is 0 Å². The van der Waals surface area contributed by atoms with Crippen molar-refractivity contribution in [2.24, 2.45) is 0 Å². The number of hydrogen-bond acceptors (Lipinski definition) is 3. The predicted molar refractivity (Wildman–Crippen MR) is 98.3 cm³/mol. The lowest BCUT2D eigenvalue weighted by Crippen LogP contribution is -2.48. The van der Waals surface area contributed by atoms with E-state index in [0.717, 1.165) is 5.56 Å². The van der Waals surface area contributed by atoms with Crippen molar-refractivity contribution in [3.63, 3.8) is 0 Å². The van der Waals surface area contributed by atoms with E-state index in [-0.39, 0.29) is 21.6 Å². The number of hydrazine groups is 1. The van der Waals surface area contributed by atoms with Gasteiger partial charge in [0.2, 0.25) is 0 Å². The quantitative estimate of drug-likeness (QED) is 0.551. The molecule has 2 aromatic rings. The second kappa shape index (κ2) is 8.10. The lowest BCUT2D eigenvalue weighted by Gasteiger charge is -2.12. The van der Waals surface area contributed by atoms with E-state index < -0.39 is 5.91 Å². The molecule has 0 atom stereocenters. The molecule has 0 aliphatic carbocycles. The van der Waals surface area contributed by atoms with Crippen LogP contribution in [0.4, 0.5) is 0 Å². The minimum atomic E-state index is -0.510. The van der Waals surface area contributed by atoms with Crippen molar-refractivity contribution in [1.29, 1.82) is 0 Å². The molecule has 124 valence electrons. The molecule has 3 N–H and O–H groups in total. The molecule has 0 aromatic heterocycles. The van der Waals surface area contributed by atoms with E-state index in [1.165, 1.54) is 12.1 Å². The number of benzene rings is 2. The summed E-state index contributed by atoms with van der Waals surface area (Å²) < 4.78 is 0. The van der Waals surface area contributed by atoms with Gasteiger partial charge in [-0.2, -0.15) is 0 Å². The molecule has 5 nitrogen and oxygen atoms in total. The zero-order valence-electron chi connectivity index (χ0n) is 12.5. The smallest absolute Gasteiger partial charge is 0.271 e. The molecule has 0 fully saturated rings. The van der Waals surface area contributed by atoms with Gasteiger partial charge >= 0.3 is 0 Å². The van der Waals surface area contributed by atoms with Crippen LogP contribution in [0.5, 0.6) is 0 Å². The third-order valence-electron chi connectivity index (χ3n) is 3.08. The summed E-state index contributed by atoms with van der Waals surface area (Å²) in [7, 11) is 0. The normalized spacial score (nSPS) is 9.96. The first-order chi connectivity index (χ1) is 11.4. The van der Waals surface area contributed by atoms with Crippen molar-refractivity contribution >= 4 is 52.3 Å². The Balaban J connectivity index is 1.92. The van der Waals surface area contributed by atoms with Crippen LogP contribution in [0.2, 0.25) is 10.0 Å². The Bertz CT molecular complexity index is 812. The van der Waals surface area contributed by atoms with Gasteiger partial charge in [-0.25, -0.2) is 0 Å². The van der Waals surface area contributed by atoms with E-state index in [9.17, 15) is 9.59 Å². The lowest BCUT2D eigenvalue weighted by molar-refractivity contribution is 0.0934.